The number of carbonyl (C=O) groups excluding carboxylic acids is 2. The zero-order valence-electron chi connectivity index (χ0n) is 8.61. The van der Waals surface area contributed by atoms with Crippen LogP contribution in [0.1, 0.15) is 20.3 Å². The number of ether oxygens (including phenoxy) is 1. The topological polar surface area (TPSA) is 66.8 Å². The number of rotatable bonds is 2. The van der Waals surface area contributed by atoms with Gasteiger partial charge in [-0.1, -0.05) is 0 Å². The van der Waals surface area contributed by atoms with Gasteiger partial charge in [-0.25, -0.2) is 4.79 Å². The van der Waals surface area contributed by atoms with Crippen molar-refractivity contribution in [2.45, 2.75) is 31.9 Å². The van der Waals surface area contributed by atoms with E-state index in [1.165, 1.54) is 11.9 Å². The van der Waals surface area contributed by atoms with Crippen LogP contribution in [0.3, 0.4) is 0 Å². The third kappa shape index (κ3) is 1.48. The quantitative estimate of drug-likeness (QED) is 0.613. The van der Waals surface area contributed by atoms with Crippen LogP contribution in [0.2, 0.25) is 0 Å². The first kappa shape index (κ1) is 11.0. The maximum absolute atomic E-state index is 11.5. The van der Waals surface area contributed by atoms with Crippen LogP contribution in [-0.2, 0) is 14.3 Å². The van der Waals surface area contributed by atoms with E-state index in [1.54, 1.807) is 13.8 Å². The Bertz CT molecular complexity index is 266. The molecule has 1 fully saturated rings. The number of likely N-dealkylation sites (N-methyl/N-ethyl adjacent to an activating group) is 1. The number of amides is 1. The molecule has 1 unspecified atom stereocenters. The fraction of sp³-hybridized carbons (Fsp3) is 0.778. The monoisotopic (exact) mass is 201 g/mol. The largest absolute Gasteiger partial charge is 0.464 e. The van der Waals surface area contributed by atoms with Crippen LogP contribution in [0, 0.1) is 0 Å². The lowest BCUT2D eigenvalue weighted by Gasteiger charge is -2.28. The summed E-state index contributed by atoms with van der Waals surface area (Å²) in [7, 11) is 1.50. The number of aliphatic hydroxyl groups excluding tert-OH is 1. The van der Waals surface area contributed by atoms with Gasteiger partial charge in [0.05, 0.1) is 6.61 Å². The van der Waals surface area contributed by atoms with Crippen molar-refractivity contribution < 1.29 is 19.4 Å². The van der Waals surface area contributed by atoms with Gasteiger partial charge in [-0.05, 0) is 13.8 Å². The summed E-state index contributed by atoms with van der Waals surface area (Å²) in [5.41, 5.74) is -1.02. The van der Waals surface area contributed by atoms with E-state index in [2.05, 4.69) is 0 Å². The third-order valence-corrected chi connectivity index (χ3v) is 2.66. The molecule has 0 aliphatic carbocycles. The summed E-state index contributed by atoms with van der Waals surface area (Å²) < 4.78 is 4.85. The molecule has 1 heterocycles. The molecule has 0 aromatic heterocycles. The summed E-state index contributed by atoms with van der Waals surface area (Å²) >= 11 is 0. The van der Waals surface area contributed by atoms with Crippen molar-refractivity contribution in [1.29, 1.82) is 0 Å². The van der Waals surface area contributed by atoms with Crippen molar-refractivity contribution in [2.75, 3.05) is 13.7 Å². The Balaban J connectivity index is 2.85. The molecule has 0 spiro atoms. The zero-order valence-corrected chi connectivity index (χ0v) is 8.61. The van der Waals surface area contributed by atoms with Gasteiger partial charge in [0.1, 0.15) is 11.6 Å². The van der Waals surface area contributed by atoms with Crippen LogP contribution < -0.4 is 0 Å². The molecule has 1 amide bonds. The number of esters is 1. The lowest BCUT2D eigenvalue weighted by molar-refractivity contribution is -0.157. The highest BCUT2D eigenvalue weighted by atomic mass is 16.5. The van der Waals surface area contributed by atoms with Crippen LogP contribution in [0.5, 0.6) is 0 Å². The van der Waals surface area contributed by atoms with Gasteiger partial charge < -0.3 is 14.7 Å². The van der Waals surface area contributed by atoms with E-state index >= 15 is 0 Å². The standard InChI is InChI=1S/C9H15NO4/c1-4-14-8(13)9(2)5-6(11)7(12)10(9)3/h6,11H,4-5H2,1-3H3/t6?,9-/m1/s1. The minimum absolute atomic E-state index is 0.0984. The highest BCUT2D eigenvalue weighted by molar-refractivity contribution is 5.93. The van der Waals surface area contributed by atoms with Crippen LogP contribution in [0.15, 0.2) is 0 Å². The molecule has 0 aromatic rings. The van der Waals surface area contributed by atoms with Gasteiger partial charge in [-0.15, -0.1) is 0 Å². The molecule has 1 aliphatic heterocycles. The second-order valence-electron chi connectivity index (χ2n) is 3.61. The van der Waals surface area contributed by atoms with Gasteiger partial charge in [0, 0.05) is 13.5 Å². The maximum Gasteiger partial charge on any atom is 0.331 e. The van der Waals surface area contributed by atoms with Crippen LogP contribution in [0.4, 0.5) is 0 Å². The number of hydrogen-bond acceptors (Lipinski definition) is 4. The van der Waals surface area contributed by atoms with E-state index in [4.69, 9.17) is 4.74 Å². The van der Waals surface area contributed by atoms with Gasteiger partial charge >= 0.3 is 5.97 Å². The minimum atomic E-state index is -1.09. The van der Waals surface area contributed by atoms with Crippen molar-refractivity contribution in [3.05, 3.63) is 0 Å². The van der Waals surface area contributed by atoms with Crippen molar-refractivity contribution in [2.24, 2.45) is 0 Å². The normalized spacial score (nSPS) is 32.1. The Morgan fingerprint density at radius 3 is 2.71 bits per heavy atom. The van der Waals surface area contributed by atoms with Crippen molar-refractivity contribution in [3.63, 3.8) is 0 Å². The molecule has 1 rings (SSSR count). The molecule has 5 nitrogen and oxygen atoms in total. The van der Waals surface area contributed by atoms with Crippen LogP contribution in [0.25, 0.3) is 0 Å². The highest BCUT2D eigenvalue weighted by Gasteiger charge is 2.51. The lowest BCUT2D eigenvalue weighted by Crippen LogP contribution is -2.48. The molecule has 80 valence electrons. The maximum atomic E-state index is 11.5. The number of hydrogen-bond donors (Lipinski definition) is 1. The molecule has 5 heteroatoms. The van der Waals surface area contributed by atoms with E-state index in [-0.39, 0.29) is 13.0 Å². The summed E-state index contributed by atoms with van der Waals surface area (Å²) in [5, 5.41) is 9.32. The van der Waals surface area contributed by atoms with Gasteiger partial charge in [0.2, 0.25) is 0 Å². The first-order valence-electron chi connectivity index (χ1n) is 4.56. The van der Waals surface area contributed by atoms with Gasteiger partial charge in [-0.2, -0.15) is 0 Å². The van der Waals surface area contributed by atoms with Crippen molar-refractivity contribution >= 4 is 11.9 Å². The molecule has 0 radical (unpaired) electrons. The Morgan fingerprint density at radius 2 is 2.36 bits per heavy atom. The first-order chi connectivity index (χ1) is 6.43. The predicted octanol–water partition coefficient (Wildman–Crippen LogP) is -0.469. The van der Waals surface area contributed by atoms with E-state index < -0.39 is 23.5 Å². The Hall–Kier alpha value is -1.10. The fourth-order valence-electron chi connectivity index (χ4n) is 1.57. The van der Waals surface area contributed by atoms with Crippen LogP contribution in [-0.4, -0.2) is 47.2 Å². The molecule has 14 heavy (non-hydrogen) atoms. The third-order valence-electron chi connectivity index (χ3n) is 2.66. The number of nitrogens with zero attached hydrogens (tertiary/aromatic N) is 1. The highest BCUT2D eigenvalue weighted by Crippen LogP contribution is 2.29. The van der Waals surface area contributed by atoms with Gasteiger partial charge in [-0.3, -0.25) is 4.79 Å². The number of aliphatic hydroxyl groups is 1. The molecule has 0 aromatic carbocycles. The van der Waals surface area contributed by atoms with Crippen LogP contribution >= 0.6 is 0 Å². The molecule has 1 saturated heterocycles. The molecule has 0 bridgehead atoms. The molecule has 1 aliphatic rings. The number of carbonyl (C=O) groups is 2. The first-order valence-corrected chi connectivity index (χ1v) is 4.56. The average Bonchev–Trinajstić information content (AvgIpc) is 2.32. The molecule has 2 atom stereocenters. The number of likely N-dealkylation sites (tertiary alicyclic amines) is 1. The minimum Gasteiger partial charge on any atom is -0.464 e. The lowest BCUT2D eigenvalue weighted by atomic mass is 9.99. The Kier molecular flexibility index (Phi) is 2.80. The Labute approximate surface area is 82.6 Å². The van der Waals surface area contributed by atoms with Crippen molar-refractivity contribution in [3.8, 4) is 0 Å². The summed E-state index contributed by atoms with van der Waals surface area (Å²) in [6.07, 6.45) is -0.990. The van der Waals surface area contributed by atoms with Gasteiger partial charge in [0.25, 0.3) is 5.91 Å². The second kappa shape index (κ2) is 3.57. The zero-order chi connectivity index (χ0) is 10.9. The SMILES string of the molecule is CCOC(=O)[C@@]1(C)CC(O)C(=O)N1C. The fourth-order valence-corrected chi connectivity index (χ4v) is 1.57. The smallest absolute Gasteiger partial charge is 0.331 e. The van der Waals surface area contributed by atoms with Crippen molar-refractivity contribution in [1.82, 2.24) is 4.90 Å². The molecular formula is C9H15NO4. The van der Waals surface area contributed by atoms with Gasteiger partial charge in [0.15, 0.2) is 0 Å². The summed E-state index contributed by atoms with van der Waals surface area (Å²) in [6.45, 7) is 3.57. The summed E-state index contributed by atoms with van der Waals surface area (Å²) in [6, 6.07) is 0. The predicted molar refractivity (Wildman–Crippen MR) is 48.4 cm³/mol. The Morgan fingerprint density at radius 1 is 1.79 bits per heavy atom. The van der Waals surface area contributed by atoms with E-state index in [9.17, 15) is 14.7 Å². The average molecular weight is 201 g/mol. The summed E-state index contributed by atoms with van der Waals surface area (Å²) in [4.78, 5) is 24.1. The van der Waals surface area contributed by atoms with E-state index in [0.29, 0.717) is 0 Å². The van der Waals surface area contributed by atoms with E-state index in [1.807, 2.05) is 0 Å². The summed E-state index contributed by atoms with van der Waals surface area (Å²) in [5.74, 6) is -0.895. The van der Waals surface area contributed by atoms with E-state index in [0.717, 1.165) is 0 Å². The molecule has 1 N–H and O–H groups in total. The molecular weight excluding hydrogens is 186 g/mol. The second-order valence-corrected chi connectivity index (χ2v) is 3.61. The molecule has 0 saturated carbocycles.